The predicted octanol–water partition coefficient (Wildman–Crippen LogP) is 0.904. The molecule has 1 aliphatic rings. The van der Waals surface area contributed by atoms with Gasteiger partial charge in [0.05, 0.1) is 5.92 Å². The highest BCUT2D eigenvalue weighted by atomic mass is 16.2. The molecule has 0 aromatic rings. The van der Waals surface area contributed by atoms with E-state index in [9.17, 15) is 9.59 Å². The van der Waals surface area contributed by atoms with Crippen LogP contribution < -0.4 is 0 Å². The highest BCUT2D eigenvalue weighted by Gasteiger charge is 2.38. The molecule has 0 radical (unpaired) electrons. The fraction of sp³-hybridized carbons (Fsp3) is 0.667. The third-order valence-electron chi connectivity index (χ3n) is 2.47. The average Bonchev–Trinajstić information content (AvgIpc) is 2.19. The molecule has 0 aromatic carbocycles. The molecule has 5 nitrogen and oxygen atoms in total. The summed E-state index contributed by atoms with van der Waals surface area (Å²) < 4.78 is 0. The second-order valence-electron chi connectivity index (χ2n) is 3.47. The standard InChI is InChI=1S/C9H15N3O2/c1-4-5-6-7(10)11(2)9(14)12(3)8(6)13/h6,10H,4-5H2,1-3H3. The van der Waals surface area contributed by atoms with Crippen LogP contribution in [0.1, 0.15) is 19.8 Å². The molecular weight excluding hydrogens is 182 g/mol. The van der Waals surface area contributed by atoms with Crippen LogP contribution in [0.4, 0.5) is 4.79 Å². The number of amides is 3. The van der Waals surface area contributed by atoms with Gasteiger partial charge in [-0.25, -0.2) is 4.79 Å². The van der Waals surface area contributed by atoms with Gasteiger partial charge in [-0.15, -0.1) is 0 Å². The Labute approximate surface area is 83.2 Å². The molecule has 1 atom stereocenters. The maximum Gasteiger partial charge on any atom is 0.331 e. The van der Waals surface area contributed by atoms with Crippen molar-refractivity contribution in [3.63, 3.8) is 0 Å². The highest BCUT2D eigenvalue weighted by Crippen LogP contribution is 2.19. The van der Waals surface area contributed by atoms with Crippen LogP contribution >= 0.6 is 0 Å². The lowest BCUT2D eigenvalue weighted by atomic mass is 9.98. The molecule has 0 aromatic heterocycles. The van der Waals surface area contributed by atoms with Gasteiger partial charge < -0.3 is 0 Å². The van der Waals surface area contributed by atoms with Crippen molar-refractivity contribution in [1.29, 1.82) is 5.41 Å². The molecule has 1 saturated heterocycles. The van der Waals surface area contributed by atoms with Gasteiger partial charge in [-0.3, -0.25) is 20.0 Å². The zero-order valence-corrected chi connectivity index (χ0v) is 8.70. The summed E-state index contributed by atoms with van der Waals surface area (Å²) in [4.78, 5) is 25.3. The third-order valence-corrected chi connectivity index (χ3v) is 2.47. The molecule has 1 rings (SSSR count). The number of amidine groups is 1. The molecular formula is C9H15N3O2. The lowest BCUT2D eigenvalue weighted by Gasteiger charge is -2.34. The summed E-state index contributed by atoms with van der Waals surface area (Å²) in [7, 11) is 2.98. The monoisotopic (exact) mass is 197 g/mol. The normalized spacial score (nSPS) is 23.4. The van der Waals surface area contributed by atoms with Gasteiger partial charge in [0.25, 0.3) is 0 Å². The summed E-state index contributed by atoms with van der Waals surface area (Å²) in [6.45, 7) is 1.96. The quantitative estimate of drug-likeness (QED) is 0.714. The van der Waals surface area contributed by atoms with Gasteiger partial charge in [0.1, 0.15) is 5.84 Å². The van der Waals surface area contributed by atoms with Crippen molar-refractivity contribution in [2.75, 3.05) is 14.1 Å². The van der Waals surface area contributed by atoms with Crippen molar-refractivity contribution in [2.24, 2.45) is 5.92 Å². The van der Waals surface area contributed by atoms with E-state index in [1.807, 2.05) is 6.92 Å². The van der Waals surface area contributed by atoms with Gasteiger partial charge >= 0.3 is 6.03 Å². The Bertz CT molecular complexity index is 264. The van der Waals surface area contributed by atoms with Crippen molar-refractivity contribution in [1.82, 2.24) is 9.80 Å². The molecule has 0 saturated carbocycles. The zero-order chi connectivity index (χ0) is 10.9. The van der Waals surface area contributed by atoms with Crippen molar-refractivity contribution in [3.05, 3.63) is 0 Å². The van der Waals surface area contributed by atoms with Crippen molar-refractivity contribution in [2.45, 2.75) is 19.8 Å². The topological polar surface area (TPSA) is 64.5 Å². The van der Waals surface area contributed by atoms with E-state index >= 15 is 0 Å². The molecule has 0 spiro atoms. The second-order valence-corrected chi connectivity index (χ2v) is 3.47. The molecule has 1 aliphatic heterocycles. The minimum absolute atomic E-state index is 0.111. The van der Waals surface area contributed by atoms with Crippen LogP contribution in [0.2, 0.25) is 0 Å². The van der Waals surface area contributed by atoms with Crippen LogP contribution in [0.15, 0.2) is 0 Å². The predicted molar refractivity (Wildman–Crippen MR) is 52.1 cm³/mol. The SMILES string of the molecule is CCCC1C(=N)N(C)C(=O)N(C)C1=O. The smallest absolute Gasteiger partial charge is 0.287 e. The van der Waals surface area contributed by atoms with E-state index in [1.165, 1.54) is 19.0 Å². The average molecular weight is 197 g/mol. The van der Waals surface area contributed by atoms with E-state index in [4.69, 9.17) is 5.41 Å². The second kappa shape index (κ2) is 3.77. The van der Waals surface area contributed by atoms with Crippen molar-refractivity contribution in [3.8, 4) is 0 Å². The van der Waals surface area contributed by atoms with Gasteiger partial charge in [-0.2, -0.15) is 0 Å². The Balaban J connectivity index is 2.92. The fourth-order valence-corrected chi connectivity index (χ4v) is 1.56. The van der Waals surface area contributed by atoms with E-state index in [-0.39, 0.29) is 11.7 Å². The van der Waals surface area contributed by atoms with Crippen LogP contribution in [0, 0.1) is 11.3 Å². The Morgan fingerprint density at radius 1 is 1.29 bits per heavy atom. The molecule has 0 aliphatic carbocycles. The molecule has 78 valence electrons. The van der Waals surface area contributed by atoms with Crippen LogP contribution in [0.5, 0.6) is 0 Å². The first-order valence-electron chi connectivity index (χ1n) is 4.64. The van der Waals surface area contributed by atoms with E-state index in [1.54, 1.807) is 0 Å². The maximum absolute atomic E-state index is 11.6. The Kier molecular flexibility index (Phi) is 2.88. The van der Waals surface area contributed by atoms with Gasteiger partial charge in [0.2, 0.25) is 5.91 Å². The number of carbonyl (C=O) groups is 2. The zero-order valence-electron chi connectivity index (χ0n) is 8.70. The fourth-order valence-electron chi connectivity index (χ4n) is 1.56. The summed E-state index contributed by atoms with van der Waals surface area (Å²) in [5, 5.41) is 7.66. The van der Waals surface area contributed by atoms with Crippen LogP contribution in [-0.4, -0.2) is 41.7 Å². The van der Waals surface area contributed by atoms with E-state index in [2.05, 4.69) is 0 Å². The maximum atomic E-state index is 11.6. The molecule has 1 heterocycles. The lowest BCUT2D eigenvalue weighted by Crippen LogP contribution is -2.56. The minimum atomic E-state index is -0.451. The van der Waals surface area contributed by atoms with Crippen molar-refractivity contribution < 1.29 is 9.59 Å². The van der Waals surface area contributed by atoms with Gasteiger partial charge in [-0.1, -0.05) is 13.3 Å². The first-order chi connectivity index (χ1) is 6.50. The summed E-state index contributed by atoms with van der Waals surface area (Å²) in [5.74, 6) is -0.604. The number of imide groups is 1. The summed E-state index contributed by atoms with van der Waals surface area (Å²) in [6, 6.07) is -0.424. The largest absolute Gasteiger partial charge is 0.331 e. The summed E-state index contributed by atoms with van der Waals surface area (Å²) >= 11 is 0. The number of nitrogens with zero attached hydrogens (tertiary/aromatic N) is 2. The first-order valence-corrected chi connectivity index (χ1v) is 4.64. The van der Waals surface area contributed by atoms with Crippen LogP contribution in [0.3, 0.4) is 0 Å². The van der Waals surface area contributed by atoms with Crippen molar-refractivity contribution >= 4 is 17.8 Å². The number of carbonyl (C=O) groups excluding carboxylic acids is 2. The number of hydrogen-bond acceptors (Lipinski definition) is 3. The first kappa shape index (κ1) is 10.7. The minimum Gasteiger partial charge on any atom is -0.287 e. The summed E-state index contributed by atoms with van der Waals surface area (Å²) in [6.07, 6.45) is 1.45. The molecule has 14 heavy (non-hydrogen) atoms. The van der Waals surface area contributed by atoms with Gasteiger partial charge in [0, 0.05) is 14.1 Å². The van der Waals surface area contributed by atoms with Crippen LogP contribution in [-0.2, 0) is 4.79 Å². The van der Waals surface area contributed by atoms with Gasteiger partial charge in [-0.05, 0) is 6.42 Å². The number of rotatable bonds is 2. The van der Waals surface area contributed by atoms with E-state index < -0.39 is 11.9 Å². The molecule has 0 bridgehead atoms. The molecule has 1 unspecified atom stereocenters. The van der Waals surface area contributed by atoms with E-state index in [0.29, 0.717) is 6.42 Å². The Morgan fingerprint density at radius 2 is 1.86 bits per heavy atom. The molecule has 3 amide bonds. The lowest BCUT2D eigenvalue weighted by molar-refractivity contribution is -0.131. The van der Waals surface area contributed by atoms with Crippen LogP contribution in [0.25, 0.3) is 0 Å². The Hall–Kier alpha value is -1.39. The molecule has 1 N–H and O–H groups in total. The van der Waals surface area contributed by atoms with Gasteiger partial charge in [0.15, 0.2) is 0 Å². The summed E-state index contributed by atoms with van der Waals surface area (Å²) in [5.41, 5.74) is 0. The Morgan fingerprint density at radius 3 is 2.36 bits per heavy atom. The molecule has 1 fully saturated rings. The number of hydrogen-bond donors (Lipinski definition) is 1. The molecule has 5 heteroatoms. The number of urea groups is 1. The highest BCUT2D eigenvalue weighted by molar-refractivity contribution is 6.16. The number of nitrogens with one attached hydrogen (secondary N) is 1. The third kappa shape index (κ3) is 1.49. The van der Waals surface area contributed by atoms with E-state index in [0.717, 1.165) is 11.3 Å².